The Hall–Kier alpha value is -3.99. The molecule has 0 saturated heterocycles. The number of carboxylic acids is 1. The fraction of sp³-hybridized carbons (Fsp3) is 0.219. The molecule has 2 aromatic heterocycles. The normalized spacial score (nSPS) is 13.8. The molecule has 10 heteroatoms. The molecule has 7 nitrogen and oxygen atoms in total. The Kier molecular flexibility index (Phi) is 7.38. The van der Waals surface area contributed by atoms with Crippen LogP contribution >= 0.6 is 11.3 Å². The zero-order valence-corrected chi connectivity index (χ0v) is 25.0. The Morgan fingerprint density at radius 1 is 1.10 bits per heavy atom. The minimum Gasteiger partial charge on any atom is -0.476 e. The molecule has 216 valence electrons. The lowest BCUT2D eigenvalue weighted by Crippen LogP contribution is -2.22. The third kappa shape index (κ3) is 5.83. The lowest BCUT2D eigenvalue weighted by molar-refractivity contribution is 0.0691. The van der Waals surface area contributed by atoms with Gasteiger partial charge < -0.3 is 5.11 Å². The van der Waals surface area contributed by atoms with Gasteiger partial charge in [0.2, 0.25) is 5.13 Å². The number of hydrogen-bond donors (Lipinski definition) is 3. The van der Waals surface area contributed by atoms with Crippen molar-refractivity contribution in [3.8, 4) is 27.5 Å². The predicted octanol–water partition coefficient (Wildman–Crippen LogP) is 6.23. The Morgan fingerprint density at radius 3 is 2.48 bits per heavy atom. The van der Waals surface area contributed by atoms with Crippen molar-refractivity contribution < 1.29 is 18.5 Å². The summed E-state index contributed by atoms with van der Waals surface area (Å²) in [5.74, 6) is -1.19. The van der Waals surface area contributed by atoms with E-state index in [2.05, 4.69) is 48.3 Å². The molecule has 1 fully saturated rings. The van der Waals surface area contributed by atoms with E-state index in [0.717, 1.165) is 52.9 Å². The zero-order valence-electron chi connectivity index (χ0n) is 23.3. The molecular formula is C32H31FN4O3S2. The van der Waals surface area contributed by atoms with E-state index in [-0.39, 0.29) is 10.6 Å². The molecule has 3 N–H and O–H groups in total. The number of aromatic nitrogens is 3. The Bertz CT molecular complexity index is 1850. The zero-order chi connectivity index (χ0) is 29.6. The summed E-state index contributed by atoms with van der Waals surface area (Å²) in [5, 5.41) is 22.3. The number of nitrogens with two attached hydrogens (primary N) is 1. The number of nitrogens with zero attached hydrogens (tertiary/aromatic N) is 3. The van der Waals surface area contributed by atoms with Crippen molar-refractivity contribution in [1.82, 2.24) is 14.8 Å². The molecule has 6 rings (SSSR count). The minimum absolute atomic E-state index is 0.0233. The fourth-order valence-electron chi connectivity index (χ4n) is 5.14. The smallest absolute Gasteiger partial charge is 0.355 e. The maximum absolute atomic E-state index is 15.1. The van der Waals surface area contributed by atoms with E-state index in [0.29, 0.717) is 23.0 Å². The molecule has 2 heterocycles. The van der Waals surface area contributed by atoms with E-state index in [1.807, 2.05) is 12.1 Å². The highest BCUT2D eigenvalue weighted by molar-refractivity contribution is 8.00. The van der Waals surface area contributed by atoms with Gasteiger partial charge in [-0.1, -0.05) is 54.1 Å². The fourth-order valence-corrected chi connectivity index (χ4v) is 6.77. The van der Waals surface area contributed by atoms with Gasteiger partial charge in [-0.3, -0.25) is 9.35 Å². The van der Waals surface area contributed by atoms with Crippen molar-refractivity contribution >= 4 is 27.4 Å². The van der Waals surface area contributed by atoms with Crippen LogP contribution in [0.15, 0.2) is 77.0 Å². The van der Waals surface area contributed by atoms with E-state index < -0.39 is 21.9 Å². The quantitative estimate of drug-likeness (QED) is 0.173. The van der Waals surface area contributed by atoms with Crippen molar-refractivity contribution in [1.29, 1.82) is 0 Å². The lowest BCUT2D eigenvalue weighted by Gasteiger charge is -2.15. The molecule has 1 aliphatic rings. The van der Waals surface area contributed by atoms with Gasteiger partial charge in [0.15, 0.2) is 5.69 Å². The van der Waals surface area contributed by atoms with E-state index in [1.54, 1.807) is 10.7 Å². The molecule has 0 aliphatic heterocycles. The number of thiol groups is 1. The van der Waals surface area contributed by atoms with Crippen LogP contribution in [0, 0.1) is 18.7 Å². The third-order valence-corrected chi connectivity index (χ3v) is 9.69. The van der Waals surface area contributed by atoms with Crippen molar-refractivity contribution in [2.75, 3.05) is 6.26 Å². The minimum atomic E-state index is -3.26. The summed E-state index contributed by atoms with van der Waals surface area (Å²) < 4.78 is 29.2. The first kappa shape index (κ1) is 28.1. The summed E-state index contributed by atoms with van der Waals surface area (Å²) in [6.07, 6.45) is 4.68. The maximum atomic E-state index is 15.1. The summed E-state index contributed by atoms with van der Waals surface area (Å²) >= 11 is 1.23. The number of aromatic carboxylic acids is 1. The highest BCUT2D eigenvalue weighted by Gasteiger charge is 2.29. The second-order valence-electron chi connectivity index (χ2n) is 11.1. The molecule has 1 saturated carbocycles. The van der Waals surface area contributed by atoms with Crippen LogP contribution in [-0.4, -0.2) is 36.3 Å². The van der Waals surface area contributed by atoms with Crippen LogP contribution in [0.25, 0.3) is 27.5 Å². The summed E-state index contributed by atoms with van der Waals surface area (Å²) in [7, 11) is -3.26. The van der Waals surface area contributed by atoms with Gasteiger partial charge in [-0.25, -0.2) is 18.9 Å². The van der Waals surface area contributed by atoms with E-state index in [4.69, 9.17) is 10.2 Å². The highest BCUT2D eigenvalue weighted by Crippen LogP contribution is 2.39. The molecule has 3 aromatic carbocycles. The summed E-state index contributed by atoms with van der Waals surface area (Å²) in [6, 6.07) is 21.1. The Morgan fingerprint density at radius 2 is 1.83 bits per heavy atom. The largest absolute Gasteiger partial charge is 0.476 e. The lowest BCUT2D eigenvalue weighted by atomic mass is 9.95. The second kappa shape index (κ2) is 11.0. The molecule has 0 spiro atoms. The van der Waals surface area contributed by atoms with Crippen LogP contribution in [0.2, 0.25) is 0 Å². The number of carboxylic acid groups (broad SMARTS) is 1. The third-order valence-electron chi connectivity index (χ3n) is 7.55. The van der Waals surface area contributed by atoms with Crippen molar-refractivity contribution in [2.45, 2.75) is 37.5 Å². The summed E-state index contributed by atoms with van der Waals surface area (Å²) in [5.41, 5.74) is 7.45. The number of thiazole rings is 1. The first-order valence-corrected chi connectivity index (χ1v) is 16.8. The predicted molar refractivity (Wildman–Crippen MR) is 165 cm³/mol. The van der Waals surface area contributed by atoms with E-state index >= 15 is 4.39 Å². The van der Waals surface area contributed by atoms with Crippen LogP contribution in [0.1, 0.15) is 45.7 Å². The Balaban J connectivity index is 1.52. The van der Waals surface area contributed by atoms with Gasteiger partial charge in [0.05, 0.1) is 16.3 Å². The molecule has 1 aliphatic carbocycles. The molecular weight excluding hydrogens is 572 g/mol. The van der Waals surface area contributed by atoms with Gasteiger partial charge in [0, 0.05) is 29.2 Å². The summed E-state index contributed by atoms with van der Waals surface area (Å²) in [4.78, 5) is 16.0. The van der Waals surface area contributed by atoms with Crippen molar-refractivity contribution in [3.05, 3.63) is 106 Å². The number of hydrogen-bond acceptors (Lipinski definition) is 5. The molecule has 42 heavy (non-hydrogen) atoms. The molecule has 0 atom stereocenters. The standard InChI is InChI=1S/C32H31FN4O3S2/c1-19-6-11-22(12-7-19)23-4-3-5-24(17-23)30-25(14-21-10-13-29(26(33)15-21)42(2,34)40)28(16-20-8-9-20)37(36-30)32-35-27(18-41-32)31(38)39/h3-7,10-13,15,17-18,20,42H,8-9,14,16H2,1-2H3,(H2,34,40)(H,38,39). The van der Waals surface area contributed by atoms with Crippen LogP contribution < -0.4 is 5.14 Å². The van der Waals surface area contributed by atoms with Gasteiger partial charge in [0.1, 0.15) is 5.82 Å². The monoisotopic (exact) mass is 602 g/mol. The van der Waals surface area contributed by atoms with Gasteiger partial charge in [-0.2, -0.15) is 5.10 Å². The van der Waals surface area contributed by atoms with Gasteiger partial charge in [-0.05, 0) is 77.1 Å². The average Bonchev–Trinajstić information content (AvgIpc) is 3.50. The van der Waals surface area contributed by atoms with E-state index in [9.17, 15) is 14.1 Å². The molecule has 0 amide bonds. The van der Waals surface area contributed by atoms with Crippen LogP contribution in [-0.2, 0) is 23.0 Å². The molecule has 5 aromatic rings. The number of carbonyl (C=O) groups is 1. The van der Waals surface area contributed by atoms with Crippen LogP contribution in [0.4, 0.5) is 4.39 Å². The van der Waals surface area contributed by atoms with E-state index in [1.165, 1.54) is 40.7 Å². The van der Waals surface area contributed by atoms with Crippen molar-refractivity contribution in [3.63, 3.8) is 0 Å². The number of benzene rings is 3. The second-order valence-corrected chi connectivity index (χ2v) is 14.4. The first-order chi connectivity index (χ1) is 20.1. The summed E-state index contributed by atoms with van der Waals surface area (Å²) in [6.45, 7) is 2.05. The SMILES string of the molecule is Cc1ccc(-c2cccc(-c3nn(-c4nc(C(=O)O)cs4)c(CC4CC4)c3Cc3ccc([SH](C)(N)=O)c(F)c3)c2)cc1. The number of aryl methyl sites for hydroxylation is 1. The topological polar surface area (TPSA) is 111 Å². The maximum Gasteiger partial charge on any atom is 0.355 e. The van der Waals surface area contributed by atoms with Gasteiger partial charge in [0.25, 0.3) is 0 Å². The van der Waals surface area contributed by atoms with Gasteiger partial charge in [-0.15, -0.1) is 11.3 Å². The van der Waals surface area contributed by atoms with Crippen LogP contribution in [0.3, 0.4) is 0 Å². The molecule has 0 radical (unpaired) electrons. The average molecular weight is 603 g/mol. The molecule has 0 bridgehead atoms. The van der Waals surface area contributed by atoms with Gasteiger partial charge >= 0.3 is 5.97 Å². The Labute approximate surface area is 248 Å². The molecule has 0 unspecified atom stereocenters. The highest BCUT2D eigenvalue weighted by atomic mass is 32.3. The number of rotatable bonds is 9. The first-order valence-electron chi connectivity index (χ1n) is 13.7. The van der Waals surface area contributed by atoms with Crippen molar-refractivity contribution in [2.24, 2.45) is 11.1 Å². The number of halogens is 1. The van der Waals surface area contributed by atoms with Crippen LogP contribution in [0.5, 0.6) is 0 Å².